The van der Waals surface area contributed by atoms with Crippen molar-refractivity contribution in [1.29, 1.82) is 0 Å². The summed E-state index contributed by atoms with van der Waals surface area (Å²) < 4.78 is 59.4. The monoisotopic (exact) mass is 1220 g/mol. The Balaban J connectivity index is 0.833. The third kappa shape index (κ3) is 11.1. The standard InChI is InChI=1S/C59H96O26/c1-24-34(63)38(67)42(71)49(78-24)83-46-29(20-60)80-48(45(74)41(46)70)77-22-30-37(66)40(69)44(73)51(81-30)85-53(75)59-17-15-54(3,4)19-27(59)26-9-10-32-55(5)13-12-33(56(6,23-61)31(55)11-14-58(32,8)57(26,7)16-18-59)82-52-47(36(65)28(62)21-76-52)84-50-43(72)39(68)35(64)25(2)79-50/h9,24-25,27-52,60-74H,10-23H2,1-8H3/t24-,25+,27-,28-,29+,30+,31+,32+,33-,34-,35+,36-,37+,38+,39-,40-,41+,42+,43+,44+,45+,46+,47+,48+,49-,50-,51-,52-,55-,56-,57+,58+,59-/m0/s1. The van der Waals surface area contributed by atoms with E-state index in [2.05, 4.69) is 40.7 Å². The quantitative estimate of drug-likeness (QED) is 0.0513. The Labute approximate surface area is 494 Å². The molecule has 0 bridgehead atoms. The molecule has 0 aromatic heterocycles. The third-order valence-corrected chi connectivity index (χ3v) is 23.2. The van der Waals surface area contributed by atoms with E-state index < -0.39 is 189 Å². The van der Waals surface area contributed by atoms with Crippen molar-refractivity contribution in [3.63, 3.8) is 0 Å². The Bertz CT molecular complexity index is 2370. The number of allylic oxidation sites excluding steroid dienone is 2. The molecule has 0 amide bonds. The molecule has 488 valence electrons. The molecule has 0 radical (unpaired) electrons. The van der Waals surface area contributed by atoms with E-state index in [1.54, 1.807) is 0 Å². The van der Waals surface area contributed by atoms with Crippen LogP contribution < -0.4 is 0 Å². The molecule has 10 aliphatic rings. The zero-order valence-electron chi connectivity index (χ0n) is 49.8. The molecule has 26 heteroatoms. The molecule has 0 unspecified atom stereocenters. The van der Waals surface area contributed by atoms with Crippen LogP contribution >= 0.6 is 0 Å². The summed E-state index contributed by atoms with van der Waals surface area (Å²) in [6, 6.07) is 0. The van der Waals surface area contributed by atoms with Crippen molar-refractivity contribution in [2.24, 2.45) is 50.2 Å². The maximum Gasteiger partial charge on any atom is 0.315 e. The second-order valence-electron chi connectivity index (χ2n) is 28.5. The van der Waals surface area contributed by atoms with Crippen LogP contribution in [0.25, 0.3) is 0 Å². The van der Waals surface area contributed by atoms with Gasteiger partial charge in [0.2, 0.25) is 6.29 Å². The number of carbonyl (C=O) groups excluding carboxylic acids is 1. The normalized spacial score (nSPS) is 55.3. The first kappa shape index (κ1) is 66.2. The van der Waals surface area contributed by atoms with Crippen LogP contribution in [0, 0.1) is 50.2 Å². The van der Waals surface area contributed by atoms with E-state index >= 15 is 4.79 Å². The molecular weight excluding hydrogens is 1120 g/mol. The summed E-state index contributed by atoms with van der Waals surface area (Å²) >= 11 is 0. The molecule has 0 aromatic carbocycles. The smallest absolute Gasteiger partial charge is 0.315 e. The van der Waals surface area contributed by atoms with Gasteiger partial charge in [-0.15, -0.1) is 0 Å². The SMILES string of the molecule is C[C@@H]1O[C@@H](O[C@H]2[C@H](O)[C@@H](O)[C@H](OC[C@H]3O[C@@H](OC(=O)[C@]45CCC(C)(C)C[C@H]4C4=CC[C@@H]6[C@@]7(C)CC[C@H](O[C@@H]8OC[C@H](O)[C@H](O)[C@H]8O[C@@H]8O[C@H](C)[C@@H](O)[C@H](O)[C@H]8O)[C@@](C)(CO)[C@@H]7CC[C@@]6(C)[C@]4(C)CC5)[C@H](O)[C@@H](O)[C@@H]3O)O[C@@H]2CO)[C@H](O)[C@H](O)[C@H]1O. The fraction of sp³-hybridized carbons (Fsp3) is 0.949. The predicted molar refractivity (Wildman–Crippen MR) is 288 cm³/mol. The second kappa shape index (κ2) is 24.4. The van der Waals surface area contributed by atoms with Crippen LogP contribution in [0.4, 0.5) is 0 Å². The van der Waals surface area contributed by atoms with Crippen LogP contribution in [0.3, 0.4) is 0 Å². The highest BCUT2D eigenvalue weighted by molar-refractivity contribution is 5.79. The summed E-state index contributed by atoms with van der Waals surface area (Å²) in [6.45, 7) is 14.3. The van der Waals surface area contributed by atoms with Gasteiger partial charge < -0.3 is 124 Å². The van der Waals surface area contributed by atoms with Gasteiger partial charge in [-0.05, 0) is 117 Å². The van der Waals surface area contributed by atoms with Crippen molar-refractivity contribution in [3.05, 3.63) is 11.6 Å². The number of rotatable bonds is 13. The molecule has 85 heavy (non-hydrogen) atoms. The summed E-state index contributed by atoms with van der Waals surface area (Å²) in [4.78, 5) is 15.2. The van der Waals surface area contributed by atoms with Crippen LogP contribution in [0.2, 0.25) is 0 Å². The minimum atomic E-state index is -1.90. The Morgan fingerprint density at radius 3 is 1.76 bits per heavy atom. The zero-order valence-corrected chi connectivity index (χ0v) is 49.8. The molecule has 4 saturated carbocycles. The lowest BCUT2D eigenvalue weighted by Gasteiger charge is -2.71. The maximum atomic E-state index is 15.2. The van der Waals surface area contributed by atoms with Crippen molar-refractivity contribution in [1.82, 2.24) is 0 Å². The molecule has 9 fully saturated rings. The number of aliphatic hydroxyl groups is 15. The van der Waals surface area contributed by atoms with Gasteiger partial charge in [-0.2, -0.15) is 0 Å². The van der Waals surface area contributed by atoms with E-state index in [1.807, 2.05) is 6.92 Å². The Hall–Kier alpha value is -1.75. The molecule has 26 nitrogen and oxygen atoms in total. The number of esters is 1. The van der Waals surface area contributed by atoms with Crippen LogP contribution in [-0.2, 0) is 52.2 Å². The van der Waals surface area contributed by atoms with Crippen molar-refractivity contribution in [2.75, 3.05) is 26.4 Å². The molecule has 5 saturated heterocycles. The lowest BCUT2D eigenvalue weighted by Crippen LogP contribution is -2.67. The van der Waals surface area contributed by atoms with Gasteiger partial charge in [0.1, 0.15) is 104 Å². The van der Waals surface area contributed by atoms with Gasteiger partial charge in [-0.1, -0.05) is 53.2 Å². The summed E-state index contributed by atoms with van der Waals surface area (Å²) in [7, 11) is 0. The van der Waals surface area contributed by atoms with Crippen molar-refractivity contribution in [3.8, 4) is 0 Å². The first-order valence-corrected chi connectivity index (χ1v) is 30.6. The number of ether oxygens (including phenoxy) is 10. The molecule has 0 spiro atoms. The van der Waals surface area contributed by atoms with Gasteiger partial charge in [-0.25, -0.2) is 0 Å². The van der Waals surface area contributed by atoms with Gasteiger partial charge in [-0.3, -0.25) is 4.79 Å². The Morgan fingerprint density at radius 2 is 1.14 bits per heavy atom. The minimum Gasteiger partial charge on any atom is -0.432 e. The first-order valence-electron chi connectivity index (χ1n) is 30.6. The average molecular weight is 1220 g/mol. The van der Waals surface area contributed by atoms with Gasteiger partial charge in [0.05, 0.1) is 50.2 Å². The number of hydrogen-bond acceptors (Lipinski definition) is 26. The van der Waals surface area contributed by atoms with Crippen LogP contribution in [0.1, 0.15) is 120 Å². The van der Waals surface area contributed by atoms with Crippen LogP contribution in [0.5, 0.6) is 0 Å². The van der Waals surface area contributed by atoms with E-state index in [0.29, 0.717) is 51.4 Å². The fourth-order valence-electron chi connectivity index (χ4n) is 17.5. The maximum absolute atomic E-state index is 15.2. The molecule has 5 aliphatic carbocycles. The van der Waals surface area contributed by atoms with Crippen LogP contribution in [-0.4, -0.2) is 263 Å². The third-order valence-electron chi connectivity index (χ3n) is 23.2. The lowest BCUT2D eigenvalue weighted by atomic mass is 9.33. The number of carbonyl (C=O) groups is 1. The largest absolute Gasteiger partial charge is 0.432 e. The van der Waals surface area contributed by atoms with E-state index in [-0.39, 0.29) is 47.2 Å². The van der Waals surface area contributed by atoms with Gasteiger partial charge in [0.25, 0.3) is 0 Å². The second-order valence-corrected chi connectivity index (χ2v) is 28.5. The van der Waals surface area contributed by atoms with Gasteiger partial charge >= 0.3 is 5.97 Å². The Kier molecular flexibility index (Phi) is 19.0. The first-order chi connectivity index (χ1) is 39.8. The van der Waals surface area contributed by atoms with Crippen molar-refractivity contribution >= 4 is 5.97 Å². The summed E-state index contributed by atoms with van der Waals surface area (Å²) in [5.41, 5.74) is -1.93. The van der Waals surface area contributed by atoms with E-state index in [0.717, 1.165) is 12.8 Å². The van der Waals surface area contributed by atoms with Crippen molar-refractivity contribution in [2.45, 2.75) is 273 Å². The summed E-state index contributed by atoms with van der Waals surface area (Å²) in [6.07, 6.45) is -29.6. The molecule has 33 atom stereocenters. The number of aliphatic hydroxyl groups excluding tert-OH is 15. The summed E-state index contributed by atoms with van der Waals surface area (Å²) in [5.74, 6) is -0.861. The average Bonchev–Trinajstić information content (AvgIpc) is 0.688. The van der Waals surface area contributed by atoms with Crippen LogP contribution in [0.15, 0.2) is 11.6 Å². The zero-order chi connectivity index (χ0) is 62.0. The fourth-order valence-corrected chi connectivity index (χ4v) is 17.5. The van der Waals surface area contributed by atoms with E-state index in [9.17, 15) is 76.6 Å². The Morgan fingerprint density at radius 1 is 0.565 bits per heavy atom. The van der Waals surface area contributed by atoms with Gasteiger partial charge in [0.15, 0.2) is 25.2 Å². The van der Waals surface area contributed by atoms with Gasteiger partial charge in [0, 0.05) is 5.41 Å². The van der Waals surface area contributed by atoms with Crippen molar-refractivity contribution < 1.29 is 129 Å². The van der Waals surface area contributed by atoms with E-state index in [1.165, 1.54) is 19.4 Å². The van der Waals surface area contributed by atoms with E-state index in [4.69, 9.17) is 47.4 Å². The molecule has 5 aliphatic heterocycles. The lowest BCUT2D eigenvalue weighted by molar-refractivity contribution is -0.365. The topological polar surface area (TPSA) is 413 Å². The molecule has 10 rings (SSSR count). The highest BCUT2D eigenvalue weighted by Gasteiger charge is 2.71. The molecule has 0 aromatic rings. The highest BCUT2D eigenvalue weighted by atomic mass is 16.8. The molecular formula is C59H96O26. The molecule has 5 heterocycles. The predicted octanol–water partition coefficient (Wildman–Crippen LogP) is -2.54. The number of fused-ring (bicyclic) bond motifs is 7. The highest BCUT2D eigenvalue weighted by Crippen LogP contribution is 2.76. The minimum absolute atomic E-state index is 0.0670. The summed E-state index contributed by atoms with van der Waals surface area (Å²) in [5, 5.41) is 163. The number of hydrogen-bond donors (Lipinski definition) is 15. The molecule has 15 N–H and O–H groups in total.